The Labute approximate surface area is 177 Å². The Kier molecular flexibility index (Phi) is 7.24. The number of alkyl halides is 3. The summed E-state index contributed by atoms with van der Waals surface area (Å²) in [5.74, 6) is -2.80. The normalized spacial score (nSPS) is 11.4. The molecule has 0 bridgehead atoms. The molecule has 1 heterocycles. The Morgan fingerprint density at radius 3 is 2.19 bits per heavy atom. The van der Waals surface area contributed by atoms with Gasteiger partial charge in [-0.3, -0.25) is 5.32 Å². The number of aromatic nitrogens is 3. The minimum atomic E-state index is -4.90. The Bertz CT molecular complexity index is 1100. The van der Waals surface area contributed by atoms with Crippen LogP contribution in [0.25, 0.3) is 0 Å². The van der Waals surface area contributed by atoms with Gasteiger partial charge >= 0.3 is 30.2 Å². The molecule has 0 aliphatic rings. The zero-order valence-electron chi connectivity index (χ0n) is 16.1. The van der Waals surface area contributed by atoms with Crippen LogP contribution in [0.5, 0.6) is 17.8 Å². The molecule has 0 spiro atoms. The third-order valence-electron chi connectivity index (χ3n) is 3.29. The molecule has 0 saturated carbocycles. The van der Waals surface area contributed by atoms with Gasteiger partial charge in [0.15, 0.2) is 6.61 Å². The van der Waals surface area contributed by atoms with E-state index in [1.807, 2.05) is 5.32 Å². The first-order valence-corrected chi connectivity index (χ1v) is 9.57. The quantitative estimate of drug-likeness (QED) is 0.490. The summed E-state index contributed by atoms with van der Waals surface area (Å²) in [7, 11) is -2.50. The highest BCUT2D eigenvalue weighted by Crippen LogP contribution is 2.25. The van der Waals surface area contributed by atoms with Crippen molar-refractivity contribution in [3.63, 3.8) is 0 Å². The number of aromatic carboxylic acids is 1. The Balaban J connectivity index is 2.30. The Hall–Kier alpha value is -3.89. The molecule has 1 aromatic carbocycles. The van der Waals surface area contributed by atoms with Crippen LogP contribution in [0.15, 0.2) is 23.1 Å². The van der Waals surface area contributed by atoms with Gasteiger partial charge in [-0.1, -0.05) is 0 Å². The smallest absolute Gasteiger partial charge is 0.422 e. The number of carbonyl (C=O) groups is 2. The average molecular weight is 481 g/mol. The fraction of sp³-hybridized carbons (Fsp3) is 0.267. The fourth-order valence-corrected chi connectivity index (χ4v) is 3.16. The fourth-order valence-electron chi connectivity index (χ4n) is 2.04. The van der Waals surface area contributed by atoms with Crippen LogP contribution in [0.4, 0.5) is 23.9 Å². The standard InChI is InChI=1S/C15H14F3N5O8S/c1-29-13-20-11(21-14(22-13)30-2)19-12(26)23-32(27,28)9-5-7(31-6-15(16,17)18)3-4-8(9)10(24)25/h3-5H,6H2,1-2H3,(H,24,25)(H2,19,20,21,22,23,26). The Morgan fingerprint density at radius 1 is 1.09 bits per heavy atom. The first kappa shape index (κ1) is 24.4. The first-order chi connectivity index (χ1) is 14.8. The monoisotopic (exact) mass is 481 g/mol. The van der Waals surface area contributed by atoms with E-state index >= 15 is 0 Å². The van der Waals surface area contributed by atoms with Crippen LogP contribution in [0.2, 0.25) is 0 Å². The number of carboxylic acid groups (broad SMARTS) is 1. The molecule has 0 unspecified atom stereocenters. The second-order valence-corrected chi connectivity index (χ2v) is 7.21. The number of benzene rings is 1. The molecule has 0 aliphatic carbocycles. The van der Waals surface area contributed by atoms with Crippen molar-refractivity contribution in [3.8, 4) is 17.8 Å². The van der Waals surface area contributed by atoms with Crippen molar-refractivity contribution in [2.45, 2.75) is 11.1 Å². The zero-order chi connectivity index (χ0) is 24.1. The number of hydrogen-bond donors (Lipinski definition) is 3. The summed E-state index contributed by atoms with van der Waals surface area (Å²) >= 11 is 0. The number of methoxy groups -OCH3 is 2. The van der Waals surface area contributed by atoms with E-state index in [-0.39, 0.29) is 12.0 Å². The van der Waals surface area contributed by atoms with Crippen molar-refractivity contribution in [1.29, 1.82) is 0 Å². The highest BCUT2D eigenvalue weighted by atomic mass is 32.2. The predicted molar refractivity (Wildman–Crippen MR) is 97.2 cm³/mol. The molecular weight excluding hydrogens is 467 g/mol. The van der Waals surface area contributed by atoms with Crippen molar-refractivity contribution >= 4 is 28.0 Å². The summed E-state index contributed by atoms with van der Waals surface area (Å²) in [6.45, 7) is -1.75. The summed E-state index contributed by atoms with van der Waals surface area (Å²) in [6, 6.07) is 0.0771. The molecule has 0 aliphatic heterocycles. The highest BCUT2D eigenvalue weighted by molar-refractivity contribution is 7.90. The molecule has 0 saturated heterocycles. The van der Waals surface area contributed by atoms with Crippen molar-refractivity contribution in [3.05, 3.63) is 23.8 Å². The minimum absolute atomic E-state index is 0.280. The van der Waals surface area contributed by atoms with E-state index in [9.17, 15) is 36.3 Å². The predicted octanol–water partition coefficient (Wildman–Crippen LogP) is 1.04. The molecule has 174 valence electrons. The number of ether oxygens (including phenoxy) is 3. The number of carboxylic acids is 1. The summed E-state index contributed by atoms with van der Waals surface area (Å²) in [4.78, 5) is 33.4. The van der Waals surface area contributed by atoms with Gasteiger partial charge in [0.05, 0.1) is 19.8 Å². The summed E-state index contributed by atoms with van der Waals surface area (Å²) < 4.78 is 77.5. The summed E-state index contributed by atoms with van der Waals surface area (Å²) in [6.07, 6.45) is -4.73. The molecule has 2 amide bonds. The maximum absolute atomic E-state index is 12.5. The summed E-state index contributed by atoms with van der Waals surface area (Å²) in [5.41, 5.74) is -0.826. The number of nitrogens with one attached hydrogen (secondary N) is 2. The minimum Gasteiger partial charge on any atom is -0.484 e. The second-order valence-electron chi connectivity index (χ2n) is 5.56. The number of hydrogen-bond acceptors (Lipinski definition) is 10. The van der Waals surface area contributed by atoms with Gasteiger partial charge in [0.1, 0.15) is 10.6 Å². The number of sulfonamides is 1. The van der Waals surface area contributed by atoms with Gasteiger partial charge in [-0.2, -0.15) is 23.1 Å². The van der Waals surface area contributed by atoms with Crippen molar-refractivity contribution < 1.29 is 50.5 Å². The second kappa shape index (κ2) is 9.50. The number of urea groups is 1. The van der Waals surface area contributed by atoms with E-state index in [1.54, 1.807) is 0 Å². The van der Waals surface area contributed by atoms with Gasteiger partial charge in [0, 0.05) is 6.07 Å². The molecule has 1 aromatic heterocycles. The van der Waals surface area contributed by atoms with E-state index in [4.69, 9.17) is 9.47 Å². The van der Waals surface area contributed by atoms with E-state index in [0.717, 1.165) is 6.07 Å². The van der Waals surface area contributed by atoms with E-state index in [2.05, 4.69) is 19.7 Å². The molecular formula is C15H14F3N5O8S. The van der Waals surface area contributed by atoms with Crippen LogP contribution in [0.3, 0.4) is 0 Å². The van der Waals surface area contributed by atoms with Gasteiger partial charge in [0.2, 0.25) is 5.95 Å². The number of halogens is 3. The lowest BCUT2D eigenvalue weighted by atomic mass is 10.2. The molecule has 3 N–H and O–H groups in total. The largest absolute Gasteiger partial charge is 0.484 e. The SMILES string of the molecule is COc1nc(NC(=O)NS(=O)(=O)c2cc(OCC(F)(F)F)ccc2C(=O)O)nc(OC)n1. The lowest BCUT2D eigenvalue weighted by Gasteiger charge is -2.13. The molecule has 17 heteroatoms. The Morgan fingerprint density at radius 2 is 1.69 bits per heavy atom. The maximum atomic E-state index is 12.5. The van der Waals surface area contributed by atoms with Crippen LogP contribution < -0.4 is 24.2 Å². The van der Waals surface area contributed by atoms with Crippen molar-refractivity contribution in [2.24, 2.45) is 0 Å². The number of carbonyl (C=O) groups excluding carboxylic acids is 1. The number of amides is 2. The van der Waals surface area contributed by atoms with Gasteiger partial charge in [0.25, 0.3) is 10.0 Å². The van der Waals surface area contributed by atoms with Crippen LogP contribution in [0, 0.1) is 0 Å². The van der Waals surface area contributed by atoms with Gasteiger partial charge in [-0.25, -0.2) is 22.7 Å². The van der Waals surface area contributed by atoms with Crippen LogP contribution >= 0.6 is 0 Å². The molecule has 0 fully saturated rings. The molecule has 13 nitrogen and oxygen atoms in total. The number of nitrogens with zero attached hydrogens (tertiary/aromatic N) is 3. The number of rotatable bonds is 8. The van der Waals surface area contributed by atoms with Crippen LogP contribution in [-0.2, 0) is 10.0 Å². The van der Waals surface area contributed by atoms with Crippen LogP contribution in [-0.4, -0.2) is 67.5 Å². The third-order valence-corrected chi connectivity index (χ3v) is 4.66. The van der Waals surface area contributed by atoms with Crippen LogP contribution in [0.1, 0.15) is 10.4 Å². The van der Waals surface area contributed by atoms with Crippen molar-refractivity contribution in [1.82, 2.24) is 19.7 Å². The first-order valence-electron chi connectivity index (χ1n) is 8.09. The highest BCUT2D eigenvalue weighted by Gasteiger charge is 2.30. The molecule has 0 atom stereocenters. The average Bonchev–Trinajstić information content (AvgIpc) is 2.70. The molecule has 0 radical (unpaired) electrons. The van der Waals surface area contributed by atoms with E-state index in [0.29, 0.717) is 12.1 Å². The topological polar surface area (TPSA) is 179 Å². The van der Waals surface area contributed by atoms with Gasteiger partial charge in [-0.05, 0) is 12.1 Å². The van der Waals surface area contributed by atoms with Gasteiger partial charge < -0.3 is 19.3 Å². The molecule has 2 aromatic rings. The van der Waals surface area contributed by atoms with E-state index < -0.39 is 57.0 Å². The molecule has 2 rings (SSSR count). The molecule has 32 heavy (non-hydrogen) atoms. The summed E-state index contributed by atoms with van der Waals surface area (Å²) in [5, 5.41) is 11.1. The van der Waals surface area contributed by atoms with E-state index in [1.165, 1.54) is 18.9 Å². The van der Waals surface area contributed by atoms with Crippen molar-refractivity contribution in [2.75, 3.05) is 26.1 Å². The third kappa shape index (κ3) is 6.56. The lowest BCUT2D eigenvalue weighted by Crippen LogP contribution is -2.35. The number of anilines is 1. The van der Waals surface area contributed by atoms with Gasteiger partial charge in [-0.15, -0.1) is 4.98 Å². The maximum Gasteiger partial charge on any atom is 0.422 e. The lowest BCUT2D eigenvalue weighted by molar-refractivity contribution is -0.153. The zero-order valence-corrected chi connectivity index (χ0v) is 16.9.